The molecule has 0 amide bonds. The molecule has 0 atom stereocenters. The van der Waals surface area contributed by atoms with Crippen LogP contribution in [0.2, 0.25) is 5.02 Å². The quantitative estimate of drug-likeness (QED) is 0.629. The SMILES string of the molecule is Cc1cc(Cl)c2sccc2c1CCl. The van der Waals surface area contributed by atoms with E-state index in [9.17, 15) is 0 Å². The van der Waals surface area contributed by atoms with Crippen LogP contribution in [0, 0.1) is 6.92 Å². The number of fused-ring (bicyclic) bond motifs is 1. The molecular weight excluding hydrogens is 223 g/mol. The van der Waals surface area contributed by atoms with Crippen molar-refractivity contribution in [3.8, 4) is 0 Å². The van der Waals surface area contributed by atoms with Gasteiger partial charge in [0.15, 0.2) is 0 Å². The van der Waals surface area contributed by atoms with E-state index in [-0.39, 0.29) is 0 Å². The lowest BCUT2D eigenvalue weighted by atomic mass is 10.1. The number of alkyl halides is 1. The van der Waals surface area contributed by atoms with Crippen molar-refractivity contribution in [1.82, 2.24) is 0 Å². The molecule has 2 aromatic rings. The first-order chi connectivity index (χ1) is 6.24. The normalized spacial score (nSPS) is 11.0. The van der Waals surface area contributed by atoms with Crippen molar-refractivity contribution in [2.75, 3.05) is 0 Å². The van der Waals surface area contributed by atoms with Gasteiger partial charge in [0.1, 0.15) is 0 Å². The minimum atomic E-state index is 0.552. The second-order valence-corrected chi connectivity index (χ2v) is 4.54. The van der Waals surface area contributed by atoms with Crippen LogP contribution < -0.4 is 0 Å². The predicted octanol–water partition coefficient (Wildman–Crippen LogP) is 4.60. The lowest BCUT2D eigenvalue weighted by Crippen LogP contribution is -1.85. The van der Waals surface area contributed by atoms with Crippen LogP contribution in [0.4, 0.5) is 0 Å². The van der Waals surface area contributed by atoms with E-state index < -0.39 is 0 Å². The molecule has 68 valence electrons. The van der Waals surface area contributed by atoms with Crippen LogP contribution >= 0.6 is 34.5 Å². The molecule has 2 rings (SSSR count). The van der Waals surface area contributed by atoms with E-state index in [4.69, 9.17) is 23.2 Å². The van der Waals surface area contributed by atoms with E-state index >= 15 is 0 Å². The molecule has 0 aliphatic rings. The predicted molar refractivity (Wildman–Crippen MR) is 61.1 cm³/mol. The second kappa shape index (κ2) is 3.49. The van der Waals surface area contributed by atoms with Gasteiger partial charge in [0.2, 0.25) is 0 Å². The fourth-order valence-electron chi connectivity index (χ4n) is 1.46. The first-order valence-electron chi connectivity index (χ1n) is 3.95. The Morgan fingerprint density at radius 1 is 1.46 bits per heavy atom. The first kappa shape index (κ1) is 9.32. The summed E-state index contributed by atoms with van der Waals surface area (Å²) in [7, 11) is 0. The summed E-state index contributed by atoms with van der Waals surface area (Å²) in [4.78, 5) is 0. The van der Waals surface area contributed by atoms with E-state index in [0.717, 1.165) is 9.72 Å². The summed E-state index contributed by atoms with van der Waals surface area (Å²) in [6, 6.07) is 4.06. The summed E-state index contributed by atoms with van der Waals surface area (Å²) in [6.45, 7) is 2.04. The fraction of sp³-hybridized carbons (Fsp3) is 0.200. The first-order valence-corrected chi connectivity index (χ1v) is 5.74. The van der Waals surface area contributed by atoms with E-state index in [1.54, 1.807) is 11.3 Å². The average molecular weight is 231 g/mol. The topological polar surface area (TPSA) is 0 Å². The molecule has 1 aromatic heterocycles. The van der Waals surface area contributed by atoms with Gasteiger partial charge < -0.3 is 0 Å². The van der Waals surface area contributed by atoms with Crippen LogP contribution in [0.5, 0.6) is 0 Å². The average Bonchev–Trinajstić information content (AvgIpc) is 2.53. The lowest BCUT2D eigenvalue weighted by Gasteiger charge is -2.04. The highest BCUT2D eigenvalue weighted by Crippen LogP contribution is 2.34. The molecule has 0 fully saturated rings. The Bertz CT molecular complexity index is 445. The highest BCUT2D eigenvalue weighted by atomic mass is 35.5. The number of hydrogen-bond donors (Lipinski definition) is 0. The number of hydrogen-bond acceptors (Lipinski definition) is 1. The van der Waals surface area contributed by atoms with Crippen molar-refractivity contribution in [1.29, 1.82) is 0 Å². The van der Waals surface area contributed by atoms with Gasteiger partial charge >= 0.3 is 0 Å². The Balaban J connectivity index is 2.88. The van der Waals surface area contributed by atoms with Gasteiger partial charge in [0.05, 0.1) is 9.72 Å². The minimum Gasteiger partial charge on any atom is -0.142 e. The highest BCUT2D eigenvalue weighted by molar-refractivity contribution is 7.17. The summed E-state index contributed by atoms with van der Waals surface area (Å²) in [5.74, 6) is 0.552. The van der Waals surface area contributed by atoms with E-state index in [0.29, 0.717) is 5.88 Å². The second-order valence-electron chi connectivity index (χ2n) is 2.95. The van der Waals surface area contributed by atoms with Crippen LogP contribution in [0.25, 0.3) is 10.1 Å². The minimum absolute atomic E-state index is 0.552. The molecule has 0 spiro atoms. The third-order valence-electron chi connectivity index (χ3n) is 2.16. The molecule has 0 saturated heterocycles. The van der Waals surface area contributed by atoms with Crippen LogP contribution in [-0.2, 0) is 5.88 Å². The Morgan fingerprint density at radius 2 is 2.23 bits per heavy atom. The summed E-state index contributed by atoms with van der Waals surface area (Å²) in [6.07, 6.45) is 0. The van der Waals surface area contributed by atoms with Gasteiger partial charge in [-0.25, -0.2) is 0 Å². The van der Waals surface area contributed by atoms with Gasteiger partial charge in [-0.2, -0.15) is 0 Å². The van der Waals surface area contributed by atoms with Gasteiger partial charge in [0, 0.05) is 5.88 Å². The van der Waals surface area contributed by atoms with Gasteiger partial charge in [-0.3, -0.25) is 0 Å². The smallest absolute Gasteiger partial charge is 0.0587 e. The van der Waals surface area contributed by atoms with E-state index in [2.05, 4.69) is 6.07 Å². The van der Waals surface area contributed by atoms with Crippen molar-refractivity contribution >= 4 is 44.6 Å². The van der Waals surface area contributed by atoms with E-state index in [1.807, 2.05) is 18.4 Å². The van der Waals surface area contributed by atoms with Gasteiger partial charge in [-0.1, -0.05) is 11.6 Å². The molecule has 0 aliphatic heterocycles. The van der Waals surface area contributed by atoms with E-state index in [1.165, 1.54) is 16.5 Å². The van der Waals surface area contributed by atoms with Crippen LogP contribution in [0.3, 0.4) is 0 Å². The Kier molecular flexibility index (Phi) is 2.50. The molecule has 0 unspecified atom stereocenters. The molecule has 0 aliphatic carbocycles. The highest BCUT2D eigenvalue weighted by Gasteiger charge is 2.08. The molecule has 0 bridgehead atoms. The molecule has 0 radical (unpaired) electrons. The summed E-state index contributed by atoms with van der Waals surface area (Å²) in [5.41, 5.74) is 2.37. The maximum atomic E-state index is 6.10. The third-order valence-corrected chi connectivity index (χ3v) is 3.79. The van der Waals surface area contributed by atoms with Gasteiger partial charge in [0.25, 0.3) is 0 Å². The zero-order chi connectivity index (χ0) is 9.42. The van der Waals surface area contributed by atoms with Gasteiger partial charge in [-0.15, -0.1) is 22.9 Å². The Labute approximate surface area is 91.1 Å². The fourth-order valence-corrected chi connectivity index (χ4v) is 3.05. The van der Waals surface area contributed by atoms with Crippen LogP contribution in [0.1, 0.15) is 11.1 Å². The molecule has 13 heavy (non-hydrogen) atoms. The summed E-state index contributed by atoms with van der Waals surface area (Å²) >= 11 is 13.6. The maximum absolute atomic E-state index is 6.10. The number of benzene rings is 1. The summed E-state index contributed by atoms with van der Waals surface area (Å²) < 4.78 is 1.14. The number of rotatable bonds is 1. The number of thiophene rings is 1. The molecule has 0 nitrogen and oxygen atoms in total. The largest absolute Gasteiger partial charge is 0.142 e. The standard InChI is InChI=1S/C10H8Cl2S/c1-6-4-9(12)10-7(2-3-13-10)8(6)5-11/h2-4H,5H2,1H3. The van der Waals surface area contributed by atoms with Crippen molar-refractivity contribution in [2.45, 2.75) is 12.8 Å². The summed E-state index contributed by atoms with van der Waals surface area (Å²) in [5, 5.41) is 4.08. The number of halogens is 2. The maximum Gasteiger partial charge on any atom is 0.0587 e. The Morgan fingerprint density at radius 3 is 2.92 bits per heavy atom. The molecular formula is C10H8Cl2S. The van der Waals surface area contributed by atoms with Crippen molar-refractivity contribution < 1.29 is 0 Å². The molecule has 1 heterocycles. The lowest BCUT2D eigenvalue weighted by molar-refractivity contribution is 1.34. The monoisotopic (exact) mass is 230 g/mol. The van der Waals surface area contributed by atoms with Crippen LogP contribution in [-0.4, -0.2) is 0 Å². The van der Waals surface area contributed by atoms with Crippen LogP contribution in [0.15, 0.2) is 17.5 Å². The van der Waals surface area contributed by atoms with Crippen molar-refractivity contribution in [3.05, 3.63) is 33.7 Å². The third kappa shape index (κ3) is 1.45. The molecule has 3 heteroatoms. The zero-order valence-corrected chi connectivity index (χ0v) is 9.43. The molecule has 1 aromatic carbocycles. The molecule has 0 saturated carbocycles. The van der Waals surface area contributed by atoms with Gasteiger partial charge in [-0.05, 0) is 40.9 Å². The number of aryl methyl sites for hydroxylation is 1. The Hall–Kier alpha value is -0.240. The van der Waals surface area contributed by atoms with Crippen molar-refractivity contribution in [3.63, 3.8) is 0 Å². The van der Waals surface area contributed by atoms with Crippen molar-refractivity contribution in [2.24, 2.45) is 0 Å². The zero-order valence-electron chi connectivity index (χ0n) is 7.10. The molecule has 0 N–H and O–H groups in total.